The smallest absolute Gasteiger partial charge is 0.267 e. The molecule has 2 heterocycles. The number of carbonyl (C=O) groups excluding carboxylic acids is 1. The van der Waals surface area contributed by atoms with Crippen molar-refractivity contribution in [2.45, 2.75) is 13.5 Å². The fourth-order valence-corrected chi connectivity index (χ4v) is 3.07. The van der Waals surface area contributed by atoms with Crippen LogP contribution in [0.3, 0.4) is 0 Å². The predicted molar refractivity (Wildman–Crippen MR) is 110 cm³/mol. The minimum absolute atomic E-state index is 0.161. The van der Waals surface area contributed by atoms with Crippen molar-refractivity contribution in [1.29, 1.82) is 0 Å². The maximum Gasteiger partial charge on any atom is 0.267 e. The number of benzene rings is 2. The summed E-state index contributed by atoms with van der Waals surface area (Å²) in [6.07, 6.45) is 3.44. The van der Waals surface area contributed by atoms with Gasteiger partial charge in [0.15, 0.2) is 0 Å². The van der Waals surface area contributed by atoms with Crippen molar-refractivity contribution >= 4 is 22.5 Å². The highest BCUT2D eigenvalue weighted by molar-refractivity contribution is 6.00. The number of aryl methyl sites for hydroxylation is 1. The molecule has 2 aromatic heterocycles. The van der Waals surface area contributed by atoms with Crippen LogP contribution in [0.4, 0.5) is 10.1 Å². The van der Waals surface area contributed by atoms with Crippen molar-refractivity contribution in [2.75, 3.05) is 5.32 Å². The van der Waals surface area contributed by atoms with Crippen molar-refractivity contribution in [3.63, 3.8) is 0 Å². The maximum atomic E-state index is 13.3. The number of nitrogens with one attached hydrogen (secondary N) is 1. The molecule has 0 atom stereocenters. The molecule has 0 fully saturated rings. The van der Waals surface area contributed by atoms with Gasteiger partial charge in [0.05, 0.1) is 23.6 Å². The van der Waals surface area contributed by atoms with Crippen LogP contribution in [0.2, 0.25) is 0 Å². The second-order valence-corrected chi connectivity index (χ2v) is 6.65. The number of anilines is 1. The van der Waals surface area contributed by atoms with Crippen LogP contribution in [0, 0.1) is 12.7 Å². The Morgan fingerprint density at radius 2 is 1.79 bits per heavy atom. The Bertz CT molecular complexity index is 1190. The van der Waals surface area contributed by atoms with Gasteiger partial charge in [0, 0.05) is 11.9 Å². The lowest BCUT2D eigenvalue weighted by molar-refractivity contribution is 0.0996. The van der Waals surface area contributed by atoms with E-state index in [1.807, 2.05) is 25.1 Å². The van der Waals surface area contributed by atoms with Crippen molar-refractivity contribution in [3.8, 4) is 11.1 Å². The van der Waals surface area contributed by atoms with Gasteiger partial charge in [0.25, 0.3) is 5.91 Å². The molecular weight excluding hydrogens is 369 g/mol. The summed E-state index contributed by atoms with van der Waals surface area (Å²) >= 11 is 0. The monoisotopic (exact) mass is 387 g/mol. The van der Waals surface area contributed by atoms with Gasteiger partial charge in [0.2, 0.25) is 0 Å². The number of pyridine rings is 1. The number of fused-ring (bicyclic) bond motifs is 1. The summed E-state index contributed by atoms with van der Waals surface area (Å²) in [4.78, 5) is 24.5. The number of aromatic nitrogens is 3. The molecular formula is C22H18FN5O. The molecule has 0 aliphatic carbocycles. The lowest BCUT2D eigenvalue weighted by Crippen LogP contribution is -2.13. The molecule has 0 bridgehead atoms. The molecule has 0 saturated heterocycles. The molecule has 2 aromatic carbocycles. The van der Waals surface area contributed by atoms with E-state index < -0.39 is 5.91 Å². The van der Waals surface area contributed by atoms with Gasteiger partial charge in [-0.3, -0.25) is 4.79 Å². The third-order valence-corrected chi connectivity index (χ3v) is 4.56. The van der Waals surface area contributed by atoms with E-state index in [0.717, 1.165) is 27.8 Å². The Balaban J connectivity index is 1.72. The first-order chi connectivity index (χ1) is 14.0. The number of nitrogens with two attached hydrogens (primary N) is 1. The van der Waals surface area contributed by atoms with Crippen LogP contribution < -0.4 is 11.1 Å². The summed E-state index contributed by atoms with van der Waals surface area (Å²) in [5.41, 5.74) is 9.60. The number of primary amides is 1. The molecule has 0 aliphatic heterocycles. The summed E-state index contributed by atoms with van der Waals surface area (Å²) in [7, 11) is 0. The largest absolute Gasteiger partial charge is 0.378 e. The Hall–Kier alpha value is -3.87. The van der Waals surface area contributed by atoms with Crippen molar-refractivity contribution in [1.82, 2.24) is 15.0 Å². The van der Waals surface area contributed by atoms with Gasteiger partial charge in [-0.2, -0.15) is 0 Å². The number of hydrogen-bond acceptors (Lipinski definition) is 5. The van der Waals surface area contributed by atoms with Crippen LogP contribution in [0.15, 0.2) is 60.9 Å². The third kappa shape index (κ3) is 4.03. The van der Waals surface area contributed by atoms with Gasteiger partial charge in [-0.05, 0) is 47.9 Å². The van der Waals surface area contributed by atoms with E-state index in [9.17, 15) is 9.18 Å². The Kier molecular flexibility index (Phi) is 4.87. The summed E-state index contributed by atoms with van der Waals surface area (Å²) < 4.78 is 13.3. The summed E-state index contributed by atoms with van der Waals surface area (Å²) in [5, 5.41) is 4.11. The molecule has 6 nitrogen and oxygen atoms in total. The lowest BCUT2D eigenvalue weighted by atomic mass is 9.98. The highest BCUT2D eigenvalue weighted by Crippen LogP contribution is 2.29. The van der Waals surface area contributed by atoms with Gasteiger partial charge in [0.1, 0.15) is 17.3 Å². The zero-order valence-corrected chi connectivity index (χ0v) is 15.7. The van der Waals surface area contributed by atoms with E-state index in [-0.39, 0.29) is 11.5 Å². The maximum absolute atomic E-state index is 13.3. The predicted octanol–water partition coefficient (Wildman–Crippen LogP) is 3.85. The third-order valence-electron chi connectivity index (χ3n) is 4.56. The minimum Gasteiger partial charge on any atom is -0.378 e. The molecule has 7 heteroatoms. The van der Waals surface area contributed by atoms with Gasteiger partial charge in [-0.1, -0.05) is 24.3 Å². The number of rotatable bonds is 5. The second-order valence-electron chi connectivity index (χ2n) is 6.65. The first-order valence-corrected chi connectivity index (χ1v) is 9.01. The lowest BCUT2D eigenvalue weighted by Gasteiger charge is -2.11. The van der Waals surface area contributed by atoms with E-state index >= 15 is 0 Å². The summed E-state index contributed by atoms with van der Waals surface area (Å²) in [5.74, 6) is -0.232. The van der Waals surface area contributed by atoms with Crippen molar-refractivity contribution in [2.24, 2.45) is 5.73 Å². The first-order valence-electron chi connectivity index (χ1n) is 9.01. The molecule has 0 radical (unpaired) electrons. The van der Waals surface area contributed by atoms with Gasteiger partial charge >= 0.3 is 0 Å². The van der Waals surface area contributed by atoms with Crippen molar-refractivity contribution in [3.05, 3.63) is 83.8 Å². The molecule has 29 heavy (non-hydrogen) atoms. The molecule has 144 valence electrons. The fraction of sp³-hybridized carbons (Fsp3) is 0.0909. The number of carbonyl (C=O) groups is 1. The SMILES string of the molecule is Cc1ncc(NCc2ccc3c(-c4ccc(F)cc4)cc(C(N)=O)nc3c2)cn1. The van der Waals surface area contributed by atoms with E-state index in [4.69, 9.17) is 5.73 Å². The normalized spacial score (nSPS) is 10.8. The number of hydrogen-bond donors (Lipinski definition) is 2. The van der Waals surface area contributed by atoms with Gasteiger partial charge < -0.3 is 11.1 Å². The van der Waals surface area contributed by atoms with E-state index in [2.05, 4.69) is 20.3 Å². The quantitative estimate of drug-likeness (QED) is 0.542. The first kappa shape index (κ1) is 18.5. The molecule has 4 rings (SSSR count). The Labute approximate surface area is 166 Å². The van der Waals surface area contributed by atoms with E-state index in [1.165, 1.54) is 12.1 Å². The molecule has 0 unspecified atom stereocenters. The highest BCUT2D eigenvalue weighted by Gasteiger charge is 2.12. The average Bonchev–Trinajstić information content (AvgIpc) is 2.73. The Morgan fingerprint density at radius 1 is 1.07 bits per heavy atom. The van der Waals surface area contributed by atoms with Crippen molar-refractivity contribution < 1.29 is 9.18 Å². The zero-order valence-electron chi connectivity index (χ0n) is 15.7. The highest BCUT2D eigenvalue weighted by atomic mass is 19.1. The van der Waals surface area contributed by atoms with E-state index in [0.29, 0.717) is 17.9 Å². The van der Waals surface area contributed by atoms with Crippen LogP contribution in [0.25, 0.3) is 22.0 Å². The Morgan fingerprint density at radius 3 is 2.48 bits per heavy atom. The standard InChI is InChI=1S/C22H18FN5O/c1-13-25-11-17(12-26-13)27-10-14-2-7-18-19(15-3-5-16(23)6-4-15)9-21(22(24)29)28-20(18)8-14/h2-9,11-12,27H,10H2,1H3,(H2,24,29). The van der Waals surface area contributed by atoms with E-state index in [1.54, 1.807) is 30.6 Å². The molecule has 0 aliphatic rings. The second kappa shape index (κ2) is 7.63. The molecule has 4 aromatic rings. The van der Waals surface area contributed by atoms with Crippen LogP contribution in [-0.4, -0.2) is 20.9 Å². The number of amides is 1. The van der Waals surface area contributed by atoms with Crippen LogP contribution in [-0.2, 0) is 6.54 Å². The molecule has 1 amide bonds. The number of halogens is 1. The van der Waals surface area contributed by atoms with Crippen LogP contribution >= 0.6 is 0 Å². The molecule has 3 N–H and O–H groups in total. The summed E-state index contributed by atoms with van der Waals surface area (Å²) in [6.45, 7) is 2.37. The topological polar surface area (TPSA) is 93.8 Å². The zero-order chi connectivity index (χ0) is 20.4. The minimum atomic E-state index is -0.615. The van der Waals surface area contributed by atoms with Gasteiger partial charge in [-0.25, -0.2) is 19.3 Å². The molecule has 0 spiro atoms. The number of nitrogens with zero attached hydrogens (tertiary/aromatic N) is 3. The van der Waals surface area contributed by atoms with Gasteiger partial charge in [-0.15, -0.1) is 0 Å². The fourth-order valence-electron chi connectivity index (χ4n) is 3.07. The molecule has 0 saturated carbocycles. The summed E-state index contributed by atoms with van der Waals surface area (Å²) in [6, 6.07) is 13.6. The van der Waals surface area contributed by atoms with Crippen LogP contribution in [0.1, 0.15) is 21.9 Å². The van der Waals surface area contributed by atoms with Crippen LogP contribution in [0.5, 0.6) is 0 Å². The average molecular weight is 387 g/mol.